The van der Waals surface area contributed by atoms with Gasteiger partial charge in [-0.3, -0.25) is 0 Å². The van der Waals surface area contributed by atoms with Crippen molar-refractivity contribution in [2.75, 3.05) is 40.7 Å². The van der Waals surface area contributed by atoms with Crippen molar-refractivity contribution in [3.05, 3.63) is 66.1 Å². The monoisotopic (exact) mass is 640 g/mol. The fourth-order valence-corrected chi connectivity index (χ4v) is 5.84. The Bertz CT molecular complexity index is 1620. The number of hydrogen-bond donors (Lipinski definition) is 2. The van der Waals surface area contributed by atoms with Crippen LogP contribution in [-0.2, 0) is 21.2 Å². The van der Waals surface area contributed by atoms with Gasteiger partial charge in [-0.2, -0.15) is 9.29 Å². The molecule has 1 fully saturated rings. The molecule has 14 heteroatoms. The Balaban J connectivity index is 0.00000552. The number of terminal acetylenes is 1. The van der Waals surface area contributed by atoms with E-state index in [4.69, 9.17) is 11.2 Å². The van der Waals surface area contributed by atoms with Crippen LogP contribution in [0, 0.1) is 18.3 Å². The second kappa shape index (κ2) is 15.2. The number of amides is 1. The van der Waals surface area contributed by atoms with Gasteiger partial charge in [0.15, 0.2) is 5.82 Å². The number of likely N-dealkylation sites (tertiary alicyclic amines) is 1. The summed E-state index contributed by atoms with van der Waals surface area (Å²) < 4.78 is 46.5. The highest BCUT2D eigenvalue weighted by Gasteiger charge is 2.30. The van der Waals surface area contributed by atoms with Crippen molar-refractivity contribution >= 4 is 39.5 Å². The third-order valence-electron chi connectivity index (χ3n) is 7.03. The second-order valence-electron chi connectivity index (χ2n) is 9.87. The maximum Gasteiger partial charge on any atom is 0.415 e. The van der Waals surface area contributed by atoms with Gasteiger partial charge in [-0.15, -0.1) is 0 Å². The number of anilines is 3. The molecule has 45 heavy (non-hydrogen) atoms. The summed E-state index contributed by atoms with van der Waals surface area (Å²) >= 11 is 0. The molecule has 0 aliphatic carbocycles. The summed E-state index contributed by atoms with van der Waals surface area (Å²) in [6.45, 7) is 6.11. The van der Waals surface area contributed by atoms with Crippen LogP contribution in [0.5, 0.6) is 5.75 Å². The van der Waals surface area contributed by atoms with E-state index in [9.17, 15) is 27.5 Å². The second-order valence-corrected chi connectivity index (χ2v) is 11.7. The Morgan fingerprint density at radius 1 is 1.11 bits per heavy atom. The lowest BCUT2D eigenvalue weighted by Gasteiger charge is -2.25. The Hall–Kier alpha value is -4.90. The van der Waals surface area contributed by atoms with Gasteiger partial charge in [0.05, 0.1) is 11.1 Å². The number of carbonyl (C=O) groups is 2. The molecule has 2 heterocycles. The van der Waals surface area contributed by atoms with Gasteiger partial charge < -0.3 is 25.0 Å². The first-order valence-electron chi connectivity index (χ1n) is 14.0. The first-order chi connectivity index (χ1) is 21.1. The number of carboxylic acid groups (broad SMARTS) is 1. The summed E-state index contributed by atoms with van der Waals surface area (Å²) in [7, 11) is -4.42. The van der Waals surface area contributed by atoms with Gasteiger partial charge >= 0.3 is 12.1 Å². The zero-order valence-corrected chi connectivity index (χ0v) is 25.1. The number of carboxylic acids is 1. The van der Waals surface area contributed by atoms with E-state index in [0.717, 1.165) is 37.1 Å². The molecule has 3 aromatic rings. The number of aliphatic carboxylic acids is 1. The zero-order chi connectivity index (χ0) is 31.9. The minimum atomic E-state index is -4.42. The summed E-state index contributed by atoms with van der Waals surface area (Å²) in [6, 6.07) is 11.4. The molecular formula is C31H37FN6O6S. The standard InChI is InChI=1S/C30H33FN6O6S.CH4/c1-4-35(5-2)29-32-20-26(37(6-3)44(41,42)24-15-11-22(31)12-16-24)27(34-29)33-25(28(38)39)19-21-9-13-23(14-10-21)43-30(40)36-17-7-8-18-36;/h3,9-16,20,25H,4-5,7-8,17-19H2,1-2H3,(H,38,39)(H,32,33,34);1H4/t25-;/m0./s1. The number of halogens is 1. The summed E-state index contributed by atoms with van der Waals surface area (Å²) in [5.74, 6) is -1.45. The molecule has 0 radical (unpaired) electrons. The topological polar surface area (TPSA) is 145 Å². The third-order valence-corrected chi connectivity index (χ3v) is 8.68. The average Bonchev–Trinajstić information content (AvgIpc) is 3.55. The largest absolute Gasteiger partial charge is 0.480 e. The molecule has 2 aromatic carbocycles. The van der Waals surface area contributed by atoms with Crippen molar-refractivity contribution in [1.29, 1.82) is 0 Å². The van der Waals surface area contributed by atoms with E-state index in [0.29, 0.717) is 41.8 Å². The van der Waals surface area contributed by atoms with Gasteiger partial charge in [0.1, 0.15) is 23.3 Å². The SMILES string of the molecule is C.C#CN(c1cnc(N(CC)CC)nc1N[C@@H](Cc1ccc(OC(=O)N2CCCC2)cc1)C(=O)O)S(=O)(=O)c1ccc(F)cc1. The molecule has 0 bridgehead atoms. The maximum absolute atomic E-state index is 13.5. The van der Waals surface area contributed by atoms with Crippen molar-refractivity contribution in [1.82, 2.24) is 14.9 Å². The minimum Gasteiger partial charge on any atom is -0.480 e. The van der Waals surface area contributed by atoms with Crippen molar-refractivity contribution < 1.29 is 32.2 Å². The van der Waals surface area contributed by atoms with Crippen molar-refractivity contribution in [3.8, 4) is 18.2 Å². The van der Waals surface area contributed by atoms with E-state index in [1.807, 2.05) is 13.8 Å². The molecule has 1 atom stereocenters. The number of hydrogen-bond acceptors (Lipinski definition) is 9. The normalized spacial score (nSPS) is 13.2. The van der Waals surface area contributed by atoms with Crippen molar-refractivity contribution in [2.45, 2.75) is 51.5 Å². The Morgan fingerprint density at radius 3 is 2.29 bits per heavy atom. The molecule has 4 rings (SSSR count). The highest BCUT2D eigenvalue weighted by atomic mass is 32.2. The van der Waals surface area contributed by atoms with Crippen LogP contribution in [-0.4, -0.2) is 72.7 Å². The van der Waals surface area contributed by atoms with Gasteiger partial charge in [0, 0.05) is 38.6 Å². The van der Waals surface area contributed by atoms with Gasteiger partial charge in [-0.25, -0.2) is 27.4 Å². The molecule has 1 aliphatic heterocycles. The molecule has 1 amide bonds. The van der Waals surface area contributed by atoms with E-state index >= 15 is 0 Å². The molecule has 2 N–H and O–H groups in total. The molecule has 1 saturated heterocycles. The van der Waals surface area contributed by atoms with Crippen LogP contribution in [0.3, 0.4) is 0 Å². The molecular weight excluding hydrogens is 603 g/mol. The lowest BCUT2D eigenvalue weighted by Crippen LogP contribution is -2.34. The molecule has 1 aromatic heterocycles. The quantitative estimate of drug-likeness (QED) is 0.213. The maximum atomic E-state index is 13.5. The van der Waals surface area contributed by atoms with E-state index in [1.165, 1.54) is 6.20 Å². The fourth-order valence-electron chi connectivity index (χ4n) is 4.62. The van der Waals surface area contributed by atoms with E-state index in [1.54, 1.807) is 34.1 Å². The van der Waals surface area contributed by atoms with Crippen LogP contribution in [0.4, 0.5) is 26.6 Å². The smallest absolute Gasteiger partial charge is 0.415 e. The van der Waals surface area contributed by atoms with Crippen molar-refractivity contribution in [2.24, 2.45) is 0 Å². The number of rotatable bonds is 12. The first-order valence-corrected chi connectivity index (χ1v) is 15.5. The molecule has 0 spiro atoms. The number of sulfonamides is 1. The molecule has 0 saturated carbocycles. The number of nitrogens with one attached hydrogen (secondary N) is 1. The molecule has 0 unspecified atom stereocenters. The van der Waals surface area contributed by atoms with Crippen molar-refractivity contribution in [3.63, 3.8) is 0 Å². The van der Waals surface area contributed by atoms with Crippen LogP contribution >= 0.6 is 0 Å². The van der Waals surface area contributed by atoms with E-state index in [-0.39, 0.29) is 36.2 Å². The van der Waals surface area contributed by atoms with Gasteiger partial charge in [-0.1, -0.05) is 26.0 Å². The number of carbonyl (C=O) groups excluding carboxylic acids is 1. The summed E-state index contributed by atoms with van der Waals surface area (Å²) in [5.41, 5.74) is 0.404. The minimum absolute atomic E-state index is 0. The van der Waals surface area contributed by atoms with Crippen LogP contribution in [0.1, 0.15) is 39.7 Å². The summed E-state index contributed by atoms with van der Waals surface area (Å²) in [4.78, 5) is 36.6. The number of ether oxygens (including phenoxy) is 1. The first kappa shape index (κ1) is 34.6. The lowest BCUT2D eigenvalue weighted by molar-refractivity contribution is -0.137. The van der Waals surface area contributed by atoms with E-state index in [2.05, 4.69) is 21.3 Å². The predicted molar refractivity (Wildman–Crippen MR) is 169 cm³/mol. The average molecular weight is 641 g/mol. The van der Waals surface area contributed by atoms with Gasteiger partial charge in [0.25, 0.3) is 10.0 Å². The molecule has 12 nitrogen and oxygen atoms in total. The molecule has 240 valence electrons. The van der Waals surface area contributed by atoms with Crippen LogP contribution in [0.25, 0.3) is 0 Å². The highest BCUT2D eigenvalue weighted by molar-refractivity contribution is 7.93. The van der Waals surface area contributed by atoms with Gasteiger partial charge in [0.2, 0.25) is 5.95 Å². The highest BCUT2D eigenvalue weighted by Crippen LogP contribution is 2.31. The molecule has 1 aliphatic rings. The Labute approximate surface area is 262 Å². The van der Waals surface area contributed by atoms with Crippen LogP contribution in [0.2, 0.25) is 0 Å². The van der Waals surface area contributed by atoms with E-state index < -0.39 is 33.9 Å². The number of nitrogens with zero attached hydrogens (tertiary/aromatic N) is 5. The van der Waals surface area contributed by atoms with Crippen LogP contribution < -0.4 is 19.3 Å². The lowest BCUT2D eigenvalue weighted by atomic mass is 10.1. The predicted octanol–water partition coefficient (Wildman–Crippen LogP) is 4.59. The number of aromatic nitrogens is 2. The zero-order valence-electron chi connectivity index (χ0n) is 24.3. The fraction of sp³-hybridized carbons (Fsp3) is 0.355. The van der Waals surface area contributed by atoms with Gasteiger partial charge in [-0.05, 0) is 68.7 Å². The third kappa shape index (κ3) is 8.18. The Morgan fingerprint density at radius 2 is 1.73 bits per heavy atom. The van der Waals surface area contributed by atoms with Crippen LogP contribution in [0.15, 0.2) is 59.6 Å². The Kier molecular flexibility index (Phi) is 11.7. The summed E-state index contributed by atoms with van der Waals surface area (Å²) in [6.07, 6.45) is 8.24. The summed E-state index contributed by atoms with van der Waals surface area (Å²) in [5, 5.41) is 13.0. The number of benzene rings is 2.